The van der Waals surface area contributed by atoms with E-state index in [1.807, 2.05) is 0 Å². The fraction of sp³-hybridized carbons (Fsp3) is 0.235. The maximum absolute atomic E-state index is 12.9. The Morgan fingerprint density at radius 2 is 1.79 bits per heavy atom. The first-order valence-corrected chi connectivity index (χ1v) is 7.56. The molecule has 0 aliphatic carbocycles. The maximum atomic E-state index is 12.9. The molecule has 3 rings (SSSR count). The number of nitrogens with two attached hydrogens (primary N) is 1. The summed E-state index contributed by atoms with van der Waals surface area (Å²) >= 11 is 0. The van der Waals surface area contributed by atoms with Gasteiger partial charge >= 0.3 is 6.03 Å². The van der Waals surface area contributed by atoms with E-state index in [2.05, 4.69) is 4.98 Å². The van der Waals surface area contributed by atoms with Crippen molar-refractivity contribution < 1.29 is 14.0 Å². The van der Waals surface area contributed by atoms with Gasteiger partial charge in [0.15, 0.2) is 0 Å². The van der Waals surface area contributed by atoms with Gasteiger partial charge in [0.2, 0.25) is 5.91 Å². The van der Waals surface area contributed by atoms with Crippen LogP contribution in [0.5, 0.6) is 0 Å². The average molecular weight is 328 g/mol. The van der Waals surface area contributed by atoms with Crippen molar-refractivity contribution in [1.82, 2.24) is 14.8 Å². The van der Waals surface area contributed by atoms with Crippen molar-refractivity contribution in [2.75, 3.05) is 13.1 Å². The molecule has 1 aliphatic rings. The Labute approximate surface area is 138 Å². The molecule has 0 atom stereocenters. The highest BCUT2D eigenvalue weighted by atomic mass is 19.1. The lowest BCUT2D eigenvalue weighted by molar-refractivity contribution is 0.1000. The number of aromatic nitrogens is 1. The number of carbonyl (C=O) groups is 2. The molecule has 1 fully saturated rings. The number of primary amides is 1. The molecular formula is C17H17FN4O2. The Morgan fingerprint density at radius 3 is 2.46 bits per heavy atom. The Kier molecular flexibility index (Phi) is 4.41. The van der Waals surface area contributed by atoms with Crippen LogP contribution in [0, 0.1) is 5.82 Å². The highest BCUT2D eigenvalue weighted by Gasteiger charge is 2.28. The van der Waals surface area contributed by atoms with E-state index in [1.165, 1.54) is 18.3 Å². The number of pyridine rings is 1. The quantitative estimate of drug-likeness (QED) is 0.908. The molecule has 7 heteroatoms. The summed E-state index contributed by atoms with van der Waals surface area (Å²) in [4.78, 5) is 31.2. The van der Waals surface area contributed by atoms with Crippen LogP contribution >= 0.6 is 0 Å². The van der Waals surface area contributed by atoms with Crippen LogP contribution in [-0.2, 0) is 13.1 Å². The number of urea groups is 1. The largest absolute Gasteiger partial charge is 0.366 e. The zero-order valence-corrected chi connectivity index (χ0v) is 13.0. The van der Waals surface area contributed by atoms with Gasteiger partial charge in [-0.15, -0.1) is 0 Å². The second-order valence-electron chi connectivity index (χ2n) is 5.65. The summed E-state index contributed by atoms with van der Waals surface area (Å²) in [5.41, 5.74) is 7.11. The Hall–Kier alpha value is -2.96. The number of halogens is 1. The van der Waals surface area contributed by atoms with E-state index in [0.717, 1.165) is 5.56 Å². The first-order chi connectivity index (χ1) is 11.5. The SMILES string of the molecule is NC(=O)c1ccnc(CN2CCN(Cc3ccc(F)cc3)C2=O)c1. The Bertz CT molecular complexity index is 763. The van der Waals surface area contributed by atoms with Crippen LogP contribution in [0.25, 0.3) is 0 Å². The van der Waals surface area contributed by atoms with Crippen molar-refractivity contribution >= 4 is 11.9 Å². The van der Waals surface area contributed by atoms with Crippen molar-refractivity contribution in [3.63, 3.8) is 0 Å². The number of hydrogen-bond acceptors (Lipinski definition) is 3. The molecule has 1 aliphatic heterocycles. The van der Waals surface area contributed by atoms with E-state index >= 15 is 0 Å². The highest BCUT2D eigenvalue weighted by molar-refractivity contribution is 5.92. The summed E-state index contributed by atoms with van der Waals surface area (Å²) < 4.78 is 12.9. The van der Waals surface area contributed by atoms with Gasteiger partial charge in [0.05, 0.1) is 12.2 Å². The topological polar surface area (TPSA) is 79.5 Å². The standard InChI is InChI=1S/C17H17FN4O2/c18-14-3-1-12(2-4-14)10-21-7-8-22(17(21)24)11-15-9-13(16(19)23)5-6-20-15/h1-6,9H,7-8,10-11H2,(H2,19,23). The molecule has 2 N–H and O–H groups in total. The van der Waals surface area contributed by atoms with E-state index in [4.69, 9.17) is 5.73 Å². The molecule has 0 spiro atoms. The second-order valence-corrected chi connectivity index (χ2v) is 5.65. The lowest BCUT2D eigenvalue weighted by Gasteiger charge is -2.18. The van der Waals surface area contributed by atoms with Gasteiger partial charge in [-0.2, -0.15) is 0 Å². The van der Waals surface area contributed by atoms with Gasteiger partial charge in [-0.3, -0.25) is 9.78 Å². The molecule has 6 nitrogen and oxygen atoms in total. The number of rotatable bonds is 5. The lowest BCUT2D eigenvalue weighted by atomic mass is 10.2. The summed E-state index contributed by atoms with van der Waals surface area (Å²) in [5.74, 6) is -0.821. The third kappa shape index (κ3) is 3.51. The molecular weight excluding hydrogens is 311 g/mol. The van der Waals surface area contributed by atoms with Gasteiger partial charge in [-0.05, 0) is 29.8 Å². The monoisotopic (exact) mass is 328 g/mol. The smallest absolute Gasteiger partial charge is 0.320 e. The fourth-order valence-corrected chi connectivity index (χ4v) is 2.65. The van der Waals surface area contributed by atoms with Gasteiger partial charge in [0.1, 0.15) is 5.82 Å². The highest BCUT2D eigenvalue weighted by Crippen LogP contribution is 2.16. The second kappa shape index (κ2) is 6.66. The maximum Gasteiger partial charge on any atom is 0.320 e. The van der Waals surface area contributed by atoms with Gasteiger partial charge in [-0.25, -0.2) is 9.18 Å². The van der Waals surface area contributed by atoms with E-state index in [-0.39, 0.29) is 11.8 Å². The fourth-order valence-electron chi connectivity index (χ4n) is 2.65. The summed E-state index contributed by atoms with van der Waals surface area (Å²) in [6, 6.07) is 9.13. The minimum absolute atomic E-state index is 0.106. The minimum atomic E-state index is -0.524. The third-order valence-electron chi connectivity index (χ3n) is 3.92. The van der Waals surface area contributed by atoms with Crippen LogP contribution in [0.3, 0.4) is 0 Å². The van der Waals surface area contributed by atoms with Gasteiger partial charge in [-0.1, -0.05) is 12.1 Å². The van der Waals surface area contributed by atoms with Crippen LogP contribution in [0.1, 0.15) is 21.6 Å². The molecule has 24 heavy (non-hydrogen) atoms. The van der Waals surface area contributed by atoms with Crippen LogP contribution < -0.4 is 5.73 Å². The molecule has 0 bridgehead atoms. The van der Waals surface area contributed by atoms with Crippen molar-refractivity contribution in [1.29, 1.82) is 0 Å². The summed E-state index contributed by atoms with van der Waals surface area (Å²) in [6.45, 7) is 1.92. The van der Waals surface area contributed by atoms with Crippen molar-refractivity contribution in [2.24, 2.45) is 5.73 Å². The first-order valence-electron chi connectivity index (χ1n) is 7.56. The van der Waals surface area contributed by atoms with Crippen molar-refractivity contribution in [3.05, 3.63) is 65.2 Å². The van der Waals surface area contributed by atoms with Gasteiger partial charge in [0.25, 0.3) is 0 Å². The molecule has 1 aromatic carbocycles. The van der Waals surface area contributed by atoms with Gasteiger partial charge < -0.3 is 15.5 Å². The molecule has 3 amide bonds. The molecule has 0 saturated carbocycles. The van der Waals surface area contributed by atoms with E-state index < -0.39 is 5.91 Å². The third-order valence-corrected chi connectivity index (χ3v) is 3.92. The zero-order chi connectivity index (χ0) is 17.1. The number of benzene rings is 1. The molecule has 0 radical (unpaired) electrons. The zero-order valence-electron chi connectivity index (χ0n) is 13.0. The van der Waals surface area contributed by atoms with Crippen LogP contribution in [0.2, 0.25) is 0 Å². The predicted octanol–water partition coefficient (Wildman–Crippen LogP) is 1.76. The summed E-state index contributed by atoms with van der Waals surface area (Å²) in [6.07, 6.45) is 1.51. The van der Waals surface area contributed by atoms with Crippen LogP contribution in [0.15, 0.2) is 42.6 Å². The lowest BCUT2D eigenvalue weighted by Crippen LogP contribution is -2.31. The van der Waals surface area contributed by atoms with Crippen LogP contribution in [-0.4, -0.2) is 39.8 Å². The molecule has 2 heterocycles. The molecule has 0 unspecified atom stereocenters. The normalized spacial score (nSPS) is 14.3. The number of nitrogens with zero attached hydrogens (tertiary/aromatic N) is 3. The Balaban J connectivity index is 1.64. The summed E-state index contributed by atoms with van der Waals surface area (Å²) in [5, 5.41) is 0. The number of hydrogen-bond donors (Lipinski definition) is 1. The predicted molar refractivity (Wildman–Crippen MR) is 85.4 cm³/mol. The number of amides is 3. The van der Waals surface area contributed by atoms with Crippen LogP contribution in [0.4, 0.5) is 9.18 Å². The van der Waals surface area contributed by atoms with Gasteiger partial charge in [0, 0.05) is 31.4 Å². The summed E-state index contributed by atoms with van der Waals surface area (Å²) in [7, 11) is 0. The average Bonchev–Trinajstić information content (AvgIpc) is 2.90. The first kappa shape index (κ1) is 15.9. The molecule has 1 saturated heterocycles. The number of carbonyl (C=O) groups excluding carboxylic acids is 2. The van der Waals surface area contributed by atoms with Crippen molar-refractivity contribution in [2.45, 2.75) is 13.1 Å². The van der Waals surface area contributed by atoms with E-state index in [0.29, 0.717) is 37.4 Å². The Morgan fingerprint density at radius 1 is 1.12 bits per heavy atom. The van der Waals surface area contributed by atoms with E-state index in [1.54, 1.807) is 34.1 Å². The molecule has 1 aromatic heterocycles. The minimum Gasteiger partial charge on any atom is -0.366 e. The van der Waals surface area contributed by atoms with Crippen molar-refractivity contribution in [3.8, 4) is 0 Å². The molecule has 124 valence electrons. The van der Waals surface area contributed by atoms with E-state index in [9.17, 15) is 14.0 Å². The molecule has 2 aromatic rings.